The molecule has 0 atom stereocenters. The van der Waals surface area contributed by atoms with E-state index in [1.807, 2.05) is 18.2 Å². The Morgan fingerprint density at radius 2 is 1.58 bits per heavy atom. The third kappa shape index (κ3) is 6.09. The molecule has 0 unspecified atom stereocenters. The molecule has 0 amide bonds. The zero-order valence-electron chi connectivity index (χ0n) is 22.1. The number of anilines is 1. The number of hydrogen-bond acceptors (Lipinski definition) is 6. The molecule has 2 aliphatic rings. The van der Waals surface area contributed by atoms with Gasteiger partial charge in [0.15, 0.2) is 0 Å². The first kappa shape index (κ1) is 26.6. The van der Waals surface area contributed by atoms with Crippen molar-refractivity contribution >= 4 is 15.7 Å². The van der Waals surface area contributed by atoms with Gasteiger partial charge in [0.05, 0.1) is 16.5 Å². The third-order valence-electron chi connectivity index (χ3n) is 7.38. The fourth-order valence-electron chi connectivity index (χ4n) is 4.97. The van der Waals surface area contributed by atoms with Crippen LogP contribution < -0.4 is 4.90 Å². The molecular weight excluding hydrogens is 470 g/mol. The number of likely N-dealkylation sites (N-methyl/N-ethyl adjacent to an activating group) is 1. The summed E-state index contributed by atoms with van der Waals surface area (Å²) in [6.45, 7) is 13.3. The molecule has 36 heavy (non-hydrogen) atoms. The maximum absolute atomic E-state index is 13.2. The van der Waals surface area contributed by atoms with Crippen LogP contribution in [0.5, 0.6) is 0 Å². The van der Waals surface area contributed by atoms with Crippen LogP contribution in [0, 0.1) is 11.3 Å². The summed E-state index contributed by atoms with van der Waals surface area (Å²) in [6.07, 6.45) is 1.13. The quantitative estimate of drug-likeness (QED) is 0.614. The zero-order chi connectivity index (χ0) is 25.9. The maximum atomic E-state index is 13.2. The fourth-order valence-corrected chi connectivity index (χ4v) is 6.39. The summed E-state index contributed by atoms with van der Waals surface area (Å²) in [5.41, 5.74) is 3.98. The smallest absolute Gasteiger partial charge is 0.243 e. The Bertz CT molecular complexity index is 1190. The van der Waals surface area contributed by atoms with Crippen LogP contribution in [0.1, 0.15) is 43.9 Å². The Morgan fingerprint density at radius 3 is 2.22 bits per heavy atom. The van der Waals surface area contributed by atoms with E-state index in [0.29, 0.717) is 43.2 Å². The minimum atomic E-state index is -3.52. The second-order valence-electron chi connectivity index (χ2n) is 11.1. The van der Waals surface area contributed by atoms with Crippen molar-refractivity contribution in [2.45, 2.75) is 44.0 Å². The summed E-state index contributed by atoms with van der Waals surface area (Å²) >= 11 is 0. The third-order valence-corrected chi connectivity index (χ3v) is 9.29. The van der Waals surface area contributed by atoms with Gasteiger partial charge in [0, 0.05) is 58.0 Å². The van der Waals surface area contributed by atoms with Gasteiger partial charge in [-0.15, -0.1) is 0 Å². The zero-order valence-corrected chi connectivity index (χ0v) is 22.9. The number of rotatable bonds is 5. The SMILES string of the molecule is CN1CCCN(c2ccc(C#N)c(CN3CCN(S(=O)(=O)c4ccc(C(C)(C)C)cc4)CC3)c2)CC1. The number of nitrogens with zero attached hydrogens (tertiary/aromatic N) is 5. The molecule has 2 aromatic rings. The highest BCUT2D eigenvalue weighted by molar-refractivity contribution is 7.89. The van der Waals surface area contributed by atoms with Gasteiger partial charge in [0.1, 0.15) is 0 Å². The standard InChI is InChI=1S/C28H39N5O2S/c1-28(2,3)25-7-10-27(11-8-25)36(34,35)33-18-15-31(16-19-33)22-24-20-26(9-6-23(24)21-29)32-13-5-12-30(4)14-17-32/h6-11,20H,5,12-19,22H2,1-4H3. The molecule has 7 nitrogen and oxygen atoms in total. The Morgan fingerprint density at radius 1 is 0.889 bits per heavy atom. The lowest BCUT2D eigenvalue weighted by molar-refractivity contribution is 0.181. The summed E-state index contributed by atoms with van der Waals surface area (Å²) in [7, 11) is -1.36. The molecule has 0 radical (unpaired) electrons. The molecule has 2 saturated heterocycles. The van der Waals surface area contributed by atoms with Crippen molar-refractivity contribution in [3.63, 3.8) is 0 Å². The topological polar surface area (TPSA) is 70.9 Å². The van der Waals surface area contributed by atoms with E-state index in [4.69, 9.17) is 0 Å². The van der Waals surface area contributed by atoms with E-state index in [0.717, 1.165) is 43.7 Å². The highest BCUT2D eigenvalue weighted by atomic mass is 32.2. The molecule has 0 aromatic heterocycles. The summed E-state index contributed by atoms with van der Waals surface area (Å²) in [5, 5.41) is 9.70. The monoisotopic (exact) mass is 509 g/mol. The molecule has 2 heterocycles. The van der Waals surface area contributed by atoms with Crippen LogP contribution in [0.2, 0.25) is 0 Å². The van der Waals surface area contributed by atoms with Crippen LogP contribution in [0.15, 0.2) is 47.4 Å². The van der Waals surface area contributed by atoms with Crippen molar-refractivity contribution in [3.05, 3.63) is 59.2 Å². The molecule has 0 spiro atoms. The second-order valence-corrected chi connectivity index (χ2v) is 13.0. The highest BCUT2D eigenvalue weighted by Gasteiger charge is 2.29. The molecule has 2 aromatic carbocycles. The van der Waals surface area contributed by atoms with Gasteiger partial charge in [-0.3, -0.25) is 4.90 Å². The van der Waals surface area contributed by atoms with E-state index in [1.165, 1.54) is 5.69 Å². The molecule has 8 heteroatoms. The van der Waals surface area contributed by atoms with Gasteiger partial charge in [0.25, 0.3) is 0 Å². The Kier molecular flexibility index (Phi) is 8.06. The predicted molar refractivity (Wildman–Crippen MR) is 145 cm³/mol. The molecule has 194 valence electrons. The van der Waals surface area contributed by atoms with Gasteiger partial charge < -0.3 is 9.80 Å². The molecule has 0 N–H and O–H groups in total. The van der Waals surface area contributed by atoms with E-state index in [-0.39, 0.29) is 5.41 Å². The van der Waals surface area contributed by atoms with Gasteiger partial charge in [-0.25, -0.2) is 8.42 Å². The number of nitriles is 1. The Hall–Kier alpha value is -2.44. The van der Waals surface area contributed by atoms with Crippen molar-refractivity contribution < 1.29 is 8.42 Å². The normalized spacial score (nSPS) is 19.1. The first-order valence-electron chi connectivity index (χ1n) is 12.9. The number of hydrogen-bond donors (Lipinski definition) is 0. The number of sulfonamides is 1. The van der Waals surface area contributed by atoms with Gasteiger partial charge in [-0.2, -0.15) is 9.57 Å². The maximum Gasteiger partial charge on any atom is 0.243 e. The molecule has 0 aliphatic carbocycles. The van der Waals surface area contributed by atoms with E-state index in [2.05, 4.69) is 60.7 Å². The van der Waals surface area contributed by atoms with Gasteiger partial charge >= 0.3 is 0 Å². The van der Waals surface area contributed by atoms with E-state index in [1.54, 1.807) is 16.4 Å². The van der Waals surface area contributed by atoms with Crippen LogP contribution in [-0.4, -0.2) is 81.9 Å². The van der Waals surface area contributed by atoms with E-state index < -0.39 is 10.0 Å². The van der Waals surface area contributed by atoms with Crippen LogP contribution >= 0.6 is 0 Å². The van der Waals surface area contributed by atoms with Crippen LogP contribution in [0.3, 0.4) is 0 Å². The molecule has 4 rings (SSSR count). The average molecular weight is 510 g/mol. The predicted octanol–water partition coefficient (Wildman–Crippen LogP) is 3.50. The van der Waals surface area contributed by atoms with Crippen LogP contribution in [0.4, 0.5) is 5.69 Å². The average Bonchev–Trinajstić information content (AvgIpc) is 3.08. The molecule has 2 aliphatic heterocycles. The van der Waals surface area contributed by atoms with E-state index >= 15 is 0 Å². The van der Waals surface area contributed by atoms with Crippen molar-refractivity contribution in [2.75, 3.05) is 64.3 Å². The largest absolute Gasteiger partial charge is 0.370 e. The summed E-state index contributed by atoms with van der Waals surface area (Å²) < 4.78 is 28.1. The summed E-state index contributed by atoms with van der Waals surface area (Å²) in [6, 6.07) is 15.8. The number of benzene rings is 2. The molecular formula is C28H39N5O2S. The lowest BCUT2D eigenvalue weighted by Gasteiger charge is -2.34. The first-order valence-corrected chi connectivity index (χ1v) is 14.3. The minimum absolute atomic E-state index is 0.0168. The van der Waals surface area contributed by atoms with Crippen molar-refractivity contribution in [1.82, 2.24) is 14.1 Å². The summed E-state index contributed by atoms with van der Waals surface area (Å²) in [4.78, 5) is 7.37. The van der Waals surface area contributed by atoms with E-state index in [9.17, 15) is 13.7 Å². The van der Waals surface area contributed by atoms with Gasteiger partial charge in [-0.1, -0.05) is 32.9 Å². The molecule has 0 bridgehead atoms. The lowest BCUT2D eigenvalue weighted by Crippen LogP contribution is -2.48. The molecule has 2 fully saturated rings. The lowest BCUT2D eigenvalue weighted by atomic mass is 9.87. The number of piperazine rings is 1. The van der Waals surface area contributed by atoms with Crippen molar-refractivity contribution in [2.24, 2.45) is 0 Å². The second kappa shape index (κ2) is 10.9. The van der Waals surface area contributed by atoms with Crippen molar-refractivity contribution in [3.8, 4) is 6.07 Å². The Balaban J connectivity index is 1.41. The molecule has 0 saturated carbocycles. The minimum Gasteiger partial charge on any atom is -0.370 e. The summed E-state index contributed by atoms with van der Waals surface area (Å²) in [5.74, 6) is 0. The van der Waals surface area contributed by atoms with Crippen molar-refractivity contribution in [1.29, 1.82) is 5.26 Å². The Labute approximate surface area is 217 Å². The first-order chi connectivity index (χ1) is 17.1. The van der Waals surface area contributed by atoms with Gasteiger partial charge in [-0.05, 0) is 66.9 Å². The van der Waals surface area contributed by atoms with Gasteiger partial charge in [0.2, 0.25) is 10.0 Å². The van der Waals surface area contributed by atoms with Crippen LogP contribution in [0.25, 0.3) is 0 Å². The highest BCUT2D eigenvalue weighted by Crippen LogP contribution is 2.26. The van der Waals surface area contributed by atoms with Crippen LogP contribution in [-0.2, 0) is 22.0 Å². The fraction of sp³-hybridized carbons (Fsp3) is 0.536.